The molecule has 132 valence electrons. The van der Waals surface area contributed by atoms with E-state index in [2.05, 4.69) is 5.32 Å². The monoisotopic (exact) mass is 341 g/mol. The van der Waals surface area contributed by atoms with Gasteiger partial charge in [-0.2, -0.15) is 0 Å². The third-order valence-electron chi connectivity index (χ3n) is 5.16. The minimum absolute atomic E-state index is 0.171. The van der Waals surface area contributed by atoms with Gasteiger partial charge in [0.2, 0.25) is 0 Å². The molecule has 1 heterocycles. The molecule has 0 saturated carbocycles. The van der Waals surface area contributed by atoms with Gasteiger partial charge in [-0.3, -0.25) is 0 Å². The van der Waals surface area contributed by atoms with Gasteiger partial charge in [0.05, 0.1) is 11.2 Å². The third kappa shape index (κ3) is 3.72. The van der Waals surface area contributed by atoms with Gasteiger partial charge in [0.25, 0.3) is 0 Å². The van der Waals surface area contributed by atoms with E-state index in [4.69, 9.17) is 9.31 Å². The molecule has 3 rings (SSSR count). The Morgan fingerprint density at radius 2 is 1.56 bits per heavy atom. The zero-order valence-electron chi connectivity index (χ0n) is 15.5. The van der Waals surface area contributed by atoms with E-state index in [1.807, 2.05) is 58.0 Å². The SMILES string of the molecule is Cc1cc(CNc2ccc(B3OC(C)(C)C(C)(C)O3)cc2)ccc1F. The molecule has 0 amide bonds. The Labute approximate surface area is 149 Å². The second kappa shape index (κ2) is 6.47. The highest BCUT2D eigenvalue weighted by atomic mass is 19.1. The van der Waals surface area contributed by atoms with Crippen LogP contribution in [0.25, 0.3) is 0 Å². The number of anilines is 1. The van der Waals surface area contributed by atoms with Crippen LogP contribution in [0.4, 0.5) is 10.1 Å². The van der Waals surface area contributed by atoms with Crippen molar-refractivity contribution in [2.75, 3.05) is 5.32 Å². The van der Waals surface area contributed by atoms with E-state index >= 15 is 0 Å². The number of halogens is 1. The Balaban J connectivity index is 1.64. The van der Waals surface area contributed by atoms with Crippen molar-refractivity contribution in [1.29, 1.82) is 0 Å². The smallest absolute Gasteiger partial charge is 0.399 e. The second-order valence-corrected chi connectivity index (χ2v) is 7.65. The highest BCUT2D eigenvalue weighted by Crippen LogP contribution is 2.36. The molecule has 1 N–H and O–H groups in total. The maximum atomic E-state index is 13.3. The van der Waals surface area contributed by atoms with Crippen LogP contribution in [0.3, 0.4) is 0 Å². The topological polar surface area (TPSA) is 30.5 Å². The summed E-state index contributed by atoms with van der Waals surface area (Å²) >= 11 is 0. The Kier molecular flexibility index (Phi) is 4.65. The van der Waals surface area contributed by atoms with E-state index in [9.17, 15) is 4.39 Å². The van der Waals surface area contributed by atoms with Gasteiger partial charge in [0.1, 0.15) is 5.82 Å². The number of aryl methyl sites for hydroxylation is 1. The van der Waals surface area contributed by atoms with E-state index in [1.54, 1.807) is 13.0 Å². The van der Waals surface area contributed by atoms with Gasteiger partial charge in [0.15, 0.2) is 0 Å². The number of benzene rings is 2. The quantitative estimate of drug-likeness (QED) is 0.852. The van der Waals surface area contributed by atoms with E-state index in [0.29, 0.717) is 12.1 Å². The van der Waals surface area contributed by atoms with Crippen molar-refractivity contribution in [1.82, 2.24) is 0 Å². The molecule has 1 aliphatic rings. The summed E-state index contributed by atoms with van der Waals surface area (Å²) in [5, 5.41) is 3.35. The van der Waals surface area contributed by atoms with Gasteiger partial charge in [-0.25, -0.2) is 4.39 Å². The van der Waals surface area contributed by atoms with Crippen LogP contribution < -0.4 is 10.8 Å². The average Bonchev–Trinajstić information content (AvgIpc) is 2.77. The van der Waals surface area contributed by atoms with Gasteiger partial charge < -0.3 is 14.6 Å². The Morgan fingerprint density at radius 1 is 0.960 bits per heavy atom. The molecular weight excluding hydrogens is 316 g/mol. The van der Waals surface area contributed by atoms with Gasteiger partial charge in [-0.15, -0.1) is 0 Å². The molecule has 1 saturated heterocycles. The molecule has 0 atom stereocenters. The number of rotatable bonds is 4. The summed E-state index contributed by atoms with van der Waals surface area (Å²) < 4.78 is 25.5. The van der Waals surface area contributed by atoms with Crippen LogP contribution >= 0.6 is 0 Å². The van der Waals surface area contributed by atoms with Crippen LogP contribution in [0.15, 0.2) is 42.5 Å². The first-order valence-electron chi connectivity index (χ1n) is 8.62. The molecular formula is C20H25BFNO2. The van der Waals surface area contributed by atoms with Crippen LogP contribution in [-0.2, 0) is 15.9 Å². The van der Waals surface area contributed by atoms with Crippen molar-refractivity contribution in [3.63, 3.8) is 0 Å². The molecule has 3 nitrogen and oxygen atoms in total. The summed E-state index contributed by atoms with van der Waals surface area (Å²) in [6.45, 7) is 10.6. The van der Waals surface area contributed by atoms with Crippen LogP contribution in [0.2, 0.25) is 0 Å². The summed E-state index contributed by atoms with van der Waals surface area (Å²) in [6, 6.07) is 13.2. The lowest BCUT2D eigenvalue weighted by atomic mass is 9.79. The van der Waals surface area contributed by atoms with Crippen LogP contribution in [0, 0.1) is 12.7 Å². The minimum Gasteiger partial charge on any atom is -0.399 e. The van der Waals surface area contributed by atoms with E-state index in [1.165, 1.54) is 6.07 Å². The van der Waals surface area contributed by atoms with E-state index < -0.39 is 0 Å². The fourth-order valence-corrected chi connectivity index (χ4v) is 2.76. The lowest BCUT2D eigenvalue weighted by Crippen LogP contribution is -2.41. The standard InChI is InChI=1S/C20H25BFNO2/c1-14-12-15(6-11-18(14)22)13-23-17-9-7-16(8-10-17)21-24-19(2,3)20(4,5)25-21/h6-12,23H,13H2,1-5H3. The first-order chi connectivity index (χ1) is 11.7. The van der Waals surface area contributed by atoms with Gasteiger partial charge in [-0.05, 0) is 69.4 Å². The molecule has 2 aromatic rings. The molecule has 0 radical (unpaired) electrons. The molecule has 5 heteroatoms. The van der Waals surface area contributed by atoms with Crippen LogP contribution in [-0.4, -0.2) is 18.3 Å². The van der Waals surface area contributed by atoms with E-state index in [-0.39, 0.29) is 24.1 Å². The summed E-state index contributed by atoms with van der Waals surface area (Å²) in [6.07, 6.45) is 0. The predicted molar refractivity (Wildman–Crippen MR) is 101 cm³/mol. The molecule has 0 aliphatic carbocycles. The fraction of sp³-hybridized carbons (Fsp3) is 0.400. The Bertz CT molecular complexity index is 743. The molecule has 25 heavy (non-hydrogen) atoms. The van der Waals surface area contributed by atoms with Crippen molar-refractivity contribution < 1.29 is 13.7 Å². The zero-order chi connectivity index (χ0) is 18.2. The molecule has 1 fully saturated rings. The lowest BCUT2D eigenvalue weighted by Gasteiger charge is -2.32. The highest BCUT2D eigenvalue weighted by molar-refractivity contribution is 6.62. The first kappa shape index (κ1) is 18.0. The van der Waals surface area contributed by atoms with Gasteiger partial charge in [0, 0.05) is 12.2 Å². The Morgan fingerprint density at radius 3 is 2.12 bits per heavy atom. The predicted octanol–water partition coefficient (Wildman–Crippen LogP) is 4.05. The maximum absolute atomic E-state index is 13.3. The second-order valence-electron chi connectivity index (χ2n) is 7.65. The number of hydrogen-bond acceptors (Lipinski definition) is 3. The summed E-state index contributed by atoms with van der Waals surface area (Å²) in [5.41, 5.74) is 3.04. The fourth-order valence-electron chi connectivity index (χ4n) is 2.76. The van der Waals surface area contributed by atoms with E-state index in [0.717, 1.165) is 16.7 Å². The van der Waals surface area contributed by atoms with Crippen molar-refractivity contribution in [2.24, 2.45) is 0 Å². The minimum atomic E-state index is -0.348. The lowest BCUT2D eigenvalue weighted by molar-refractivity contribution is 0.00578. The van der Waals surface area contributed by atoms with Crippen molar-refractivity contribution in [2.45, 2.75) is 52.4 Å². The van der Waals surface area contributed by atoms with Crippen molar-refractivity contribution >= 4 is 18.3 Å². The van der Waals surface area contributed by atoms with Gasteiger partial charge >= 0.3 is 7.12 Å². The summed E-state index contributed by atoms with van der Waals surface area (Å²) in [4.78, 5) is 0. The number of nitrogens with one attached hydrogen (secondary N) is 1. The average molecular weight is 341 g/mol. The van der Waals surface area contributed by atoms with Crippen molar-refractivity contribution in [3.05, 3.63) is 59.4 Å². The maximum Gasteiger partial charge on any atom is 0.494 e. The van der Waals surface area contributed by atoms with Crippen molar-refractivity contribution in [3.8, 4) is 0 Å². The third-order valence-corrected chi connectivity index (χ3v) is 5.16. The Hall–Kier alpha value is -1.85. The summed E-state index contributed by atoms with van der Waals surface area (Å²) in [7, 11) is -0.348. The molecule has 1 aliphatic heterocycles. The molecule has 0 bridgehead atoms. The van der Waals surface area contributed by atoms with Crippen LogP contribution in [0.1, 0.15) is 38.8 Å². The molecule has 2 aromatic carbocycles. The summed E-state index contributed by atoms with van der Waals surface area (Å²) in [5.74, 6) is -0.171. The zero-order valence-corrected chi connectivity index (χ0v) is 15.5. The molecule has 0 spiro atoms. The normalized spacial score (nSPS) is 18.4. The highest BCUT2D eigenvalue weighted by Gasteiger charge is 2.51. The largest absolute Gasteiger partial charge is 0.494 e. The molecule has 0 aromatic heterocycles. The van der Waals surface area contributed by atoms with Crippen LogP contribution in [0.5, 0.6) is 0 Å². The first-order valence-corrected chi connectivity index (χ1v) is 8.62. The molecule has 0 unspecified atom stereocenters. The number of hydrogen-bond donors (Lipinski definition) is 1. The van der Waals surface area contributed by atoms with Gasteiger partial charge in [-0.1, -0.05) is 24.3 Å².